The van der Waals surface area contributed by atoms with Gasteiger partial charge in [0, 0.05) is 11.1 Å². The largest absolute Gasteiger partial charge is 0.316 e. The maximum atomic E-state index is 6.10. The van der Waals surface area contributed by atoms with E-state index in [1.54, 1.807) is 0 Å². The Bertz CT molecular complexity index is 283. The zero-order valence-corrected chi connectivity index (χ0v) is 9.81. The van der Waals surface area contributed by atoms with E-state index in [-0.39, 0.29) is 0 Å². The Morgan fingerprint density at radius 3 is 2.43 bits per heavy atom. The molecular formula is C12H18ClN. The molecule has 1 unspecified atom stereocenters. The fourth-order valence-corrected chi connectivity index (χ4v) is 1.78. The minimum Gasteiger partial charge on any atom is -0.316 e. The van der Waals surface area contributed by atoms with E-state index in [1.165, 1.54) is 5.56 Å². The first-order valence-corrected chi connectivity index (χ1v) is 5.43. The molecule has 1 aromatic carbocycles. The predicted molar refractivity (Wildman–Crippen MR) is 62.8 cm³/mol. The number of nitrogens with one attached hydrogen (secondary N) is 1. The summed E-state index contributed by atoms with van der Waals surface area (Å²) in [5.41, 5.74) is 1.22. The summed E-state index contributed by atoms with van der Waals surface area (Å²) in [6.07, 6.45) is 0.994. The average Bonchev–Trinajstić information content (AvgIpc) is 2.16. The highest BCUT2D eigenvalue weighted by Crippen LogP contribution is 2.18. The molecule has 2 heteroatoms. The second-order valence-corrected chi connectivity index (χ2v) is 4.34. The van der Waals surface area contributed by atoms with Crippen LogP contribution in [0.2, 0.25) is 5.02 Å². The Labute approximate surface area is 91.5 Å². The van der Waals surface area contributed by atoms with Gasteiger partial charge in [-0.1, -0.05) is 43.6 Å². The Morgan fingerprint density at radius 2 is 1.93 bits per heavy atom. The van der Waals surface area contributed by atoms with Gasteiger partial charge in [0.25, 0.3) is 0 Å². The zero-order chi connectivity index (χ0) is 10.6. The number of benzene rings is 1. The Morgan fingerprint density at radius 1 is 1.29 bits per heavy atom. The van der Waals surface area contributed by atoms with Crippen molar-refractivity contribution >= 4 is 11.6 Å². The molecule has 0 amide bonds. The number of hydrogen-bond acceptors (Lipinski definition) is 1. The molecule has 1 nitrogen and oxygen atoms in total. The third-order valence-electron chi connectivity index (χ3n) is 2.57. The van der Waals surface area contributed by atoms with Crippen molar-refractivity contribution in [1.82, 2.24) is 5.32 Å². The van der Waals surface area contributed by atoms with Gasteiger partial charge in [-0.2, -0.15) is 0 Å². The first-order valence-electron chi connectivity index (χ1n) is 5.05. The van der Waals surface area contributed by atoms with E-state index in [0.29, 0.717) is 12.0 Å². The van der Waals surface area contributed by atoms with Crippen LogP contribution >= 0.6 is 11.6 Å². The van der Waals surface area contributed by atoms with Gasteiger partial charge in [-0.05, 0) is 31.0 Å². The molecule has 0 spiro atoms. The van der Waals surface area contributed by atoms with Gasteiger partial charge in [0.15, 0.2) is 0 Å². The lowest BCUT2D eigenvalue weighted by atomic mass is 9.97. The van der Waals surface area contributed by atoms with Crippen LogP contribution in [0.3, 0.4) is 0 Å². The van der Waals surface area contributed by atoms with E-state index in [4.69, 9.17) is 11.6 Å². The minimum absolute atomic E-state index is 0.495. The lowest BCUT2D eigenvalue weighted by molar-refractivity contribution is 0.424. The van der Waals surface area contributed by atoms with Gasteiger partial charge in [-0.3, -0.25) is 0 Å². The first kappa shape index (κ1) is 11.5. The summed E-state index contributed by atoms with van der Waals surface area (Å²) < 4.78 is 0. The Balaban J connectivity index is 2.72. The SMILES string of the molecule is CNC(Cc1ccccc1Cl)C(C)C. The molecule has 1 atom stereocenters. The van der Waals surface area contributed by atoms with Gasteiger partial charge < -0.3 is 5.32 Å². The van der Waals surface area contributed by atoms with E-state index < -0.39 is 0 Å². The van der Waals surface area contributed by atoms with Crippen LogP contribution in [0.15, 0.2) is 24.3 Å². The van der Waals surface area contributed by atoms with Crippen molar-refractivity contribution in [3.63, 3.8) is 0 Å². The van der Waals surface area contributed by atoms with Crippen LogP contribution in [-0.2, 0) is 6.42 Å². The maximum absolute atomic E-state index is 6.10. The van der Waals surface area contributed by atoms with Crippen molar-refractivity contribution in [3.05, 3.63) is 34.9 Å². The van der Waals surface area contributed by atoms with Crippen molar-refractivity contribution in [2.45, 2.75) is 26.3 Å². The molecule has 0 saturated heterocycles. The van der Waals surface area contributed by atoms with Crippen molar-refractivity contribution in [3.8, 4) is 0 Å². The van der Waals surface area contributed by atoms with Crippen molar-refractivity contribution in [1.29, 1.82) is 0 Å². The topological polar surface area (TPSA) is 12.0 Å². The third kappa shape index (κ3) is 3.00. The molecule has 0 heterocycles. The van der Waals surface area contributed by atoms with Gasteiger partial charge in [-0.25, -0.2) is 0 Å². The molecule has 0 aliphatic carbocycles. The van der Waals surface area contributed by atoms with Crippen LogP contribution in [-0.4, -0.2) is 13.1 Å². The summed E-state index contributed by atoms with van der Waals surface area (Å²) in [7, 11) is 2.00. The molecule has 0 aliphatic rings. The van der Waals surface area contributed by atoms with Gasteiger partial charge in [-0.15, -0.1) is 0 Å². The fraction of sp³-hybridized carbons (Fsp3) is 0.500. The smallest absolute Gasteiger partial charge is 0.0438 e. The Hall–Kier alpha value is -0.530. The number of rotatable bonds is 4. The first-order chi connectivity index (χ1) is 6.65. The van der Waals surface area contributed by atoms with E-state index in [9.17, 15) is 0 Å². The molecule has 0 bridgehead atoms. The van der Waals surface area contributed by atoms with Gasteiger partial charge in [0.05, 0.1) is 0 Å². The molecule has 1 rings (SSSR count). The van der Waals surface area contributed by atoms with Crippen molar-refractivity contribution in [2.24, 2.45) is 5.92 Å². The van der Waals surface area contributed by atoms with E-state index in [2.05, 4.69) is 25.2 Å². The van der Waals surface area contributed by atoms with Crippen LogP contribution in [0.25, 0.3) is 0 Å². The summed E-state index contributed by atoms with van der Waals surface area (Å²) in [5, 5.41) is 4.19. The highest BCUT2D eigenvalue weighted by molar-refractivity contribution is 6.31. The predicted octanol–water partition coefficient (Wildman–Crippen LogP) is 3.13. The minimum atomic E-state index is 0.495. The lowest BCUT2D eigenvalue weighted by Crippen LogP contribution is -2.32. The number of likely N-dealkylation sites (N-methyl/N-ethyl adjacent to an activating group) is 1. The number of hydrogen-bond donors (Lipinski definition) is 1. The van der Waals surface area contributed by atoms with Crippen LogP contribution in [0.5, 0.6) is 0 Å². The molecule has 1 N–H and O–H groups in total. The summed E-state index contributed by atoms with van der Waals surface area (Å²) >= 11 is 6.10. The van der Waals surface area contributed by atoms with E-state index in [1.807, 2.05) is 25.2 Å². The van der Waals surface area contributed by atoms with E-state index in [0.717, 1.165) is 11.4 Å². The van der Waals surface area contributed by atoms with Gasteiger partial charge >= 0.3 is 0 Å². The molecule has 78 valence electrons. The van der Waals surface area contributed by atoms with Crippen molar-refractivity contribution in [2.75, 3.05) is 7.05 Å². The average molecular weight is 212 g/mol. The van der Waals surface area contributed by atoms with Gasteiger partial charge in [0.1, 0.15) is 0 Å². The summed E-state index contributed by atoms with van der Waals surface area (Å²) in [6.45, 7) is 4.44. The van der Waals surface area contributed by atoms with Crippen LogP contribution in [0.1, 0.15) is 19.4 Å². The van der Waals surface area contributed by atoms with Crippen LogP contribution in [0, 0.1) is 5.92 Å². The molecular weight excluding hydrogens is 194 g/mol. The molecule has 0 radical (unpaired) electrons. The monoisotopic (exact) mass is 211 g/mol. The molecule has 0 saturated carbocycles. The normalized spacial score (nSPS) is 13.2. The summed E-state index contributed by atoms with van der Waals surface area (Å²) in [5.74, 6) is 0.622. The van der Waals surface area contributed by atoms with Crippen molar-refractivity contribution < 1.29 is 0 Å². The van der Waals surface area contributed by atoms with Crippen LogP contribution in [0.4, 0.5) is 0 Å². The molecule has 14 heavy (non-hydrogen) atoms. The van der Waals surface area contributed by atoms with Gasteiger partial charge in [0.2, 0.25) is 0 Å². The third-order valence-corrected chi connectivity index (χ3v) is 2.94. The summed E-state index contributed by atoms with van der Waals surface area (Å²) in [4.78, 5) is 0. The lowest BCUT2D eigenvalue weighted by Gasteiger charge is -2.20. The standard InChI is InChI=1S/C12H18ClN/c1-9(2)12(14-3)8-10-6-4-5-7-11(10)13/h4-7,9,12,14H,8H2,1-3H3. The second-order valence-electron chi connectivity index (χ2n) is 3.93. The molecule has 0 aliphatic heterocycles. The fourth-order valence-electron chi connectivity index (χ4n) is 1.57. The Kier molecular flexibility index (Phi) is 4.43. The molecule has 0 fully saturated rings. The maximum Gasteiger partial charge on any atom is 0.0438 e. The zero-order valence-electron chi connectivity index (χ0n) is 9.05. The second kappa shape index (κ2) is 5.38. The van der Waals surface area contributed by atoms with Crippen LogP contribution < -0.4 is 5.32 Å². The highest BCUT2D eigenvalue weighted by atomic mass is 35.5. The number of halogens is 1. The molecule has 0 aromatic heterocycles. The quantitative estimate of drug-likeness (QED) is 0.807. The summed E-state index contributed by atoms with van der Waals surface area (Å²) in [6, 6.07) is 8.54. The molecule has 1 aromatic rings. The highest BCUT2D eigenvalue weighted by Gasteiger charge is 2.12. The van der Waals surface area contributed by atoms with E-state index >= 15 is 0 Å².